The first-order chi connectivity index (χ1) is 10.0. The number of ether oxygens (including phenoxy) is 1. The van der Waals surface area contributed by atoms with E-state index in [1.807, 2.05) is 13.8 Å². The Hall–Kier alpha value is -2.05. The molecule has 2 aromatic rings. The monoisotopic (exact) mass is 307 g/mol. The number of rotatable bonds is 5. The molecule has 0 aliphatic heterocycles. The molecule has 7 heteroatoms. The Morgan fingerprint density at radius 2 is 1.90 bits per heavy atom. The average Bonchev–Trinajstić information content (AvgIpc) is 2.47. The van der Waals surface area contributed by atoms with Gasteiger partial charge in [0.05, 0.1) is 12.8 Å². The molecule has 6 nitrogen and oxygen atoms in total. The van der Waals surface area contributed by atoms with Crippen molar-refractivity contribution in [1.29, 1.82) is 0 Å². The fourth-order valence-electron chi connectivity index (χ4n) is 1.78. The molecule has 1 aromatic carbocycles. The summed E-state index contributed by atoms with van der Waals surface area (Å²) in [4.78, 5) is 8.77. The molecule has 0 fully saturated rings. The van der Waals surface area contributed by atoms with E-state index < -0.39 is 0 Å². The fraction of sp³-hybridized carbons (Fsp3) is 0.286. The molecule has 0 saturated carbocycles. The summed E-state index contributed by atoms with van der Waals surface area (Å²) in [5.74, 6) is 8.14. The molecule has 0 saturated heterocycles. The Morgan fingerprint density at radius 1 is 1.19 bits per heavy atom. The Kier molecular flexibility index (Phi) is 4.82. The molecule has 0 spiro atoms. The maximum atomic E-state index is 6.02. The minimum Gasteiger partial charge on any atom is -0.495 e. The Morgan fingerprint density at radius 3 is 2.52 bits per heavy atom. The fourth-order valence-corrected chi connectivity index (χ4v) is 1.95. The van der Waals surface area contributed by atoms with Crippen molar-refractivity contribution in [2.45, 2.75) is 19.8 Å². The van der Waals surface area contributed by atoms with Gasteiger partial charge >= 0.3 is 0 Å². The highest BCUT2D eigenvalue weighted by Crippen LogP contribution is 2.30. The molecule has 0 bridgehead atoms. The quantitative estimate of drug-likeness (QED) is 0.580. The Balaban J connectivity index is 2.39. The third-order valence-corrected chi connectivity index (χ3v) is 3.07. The molecular weight excluding hydrogens is 290 g/mol. The lowest BCUT2D eigenvalue weighted by molar-refractivity contribution is 0.417. The highest BCUT2D eigenvalue weighted by atomic mass is 35.5. The number of anilines is 3. The second-order valence-electron chi connectivity index (χ2n) is 4.77. The molecule has 1 aromatic heterocycles. The van der Waals surface area contributed by atoms with Gasteiger partial charge in [0.25, 0.3) is 0 Å². The molecule has 0 amide bonds. The van der Waals surface area contributed by atoms with Crippen molar-refractivity contribution in [3.8, 4) is 5.75 Å². The van der Waals surface area contributed by atoms with Crippen LogP contribution in [-0.2, 0) is 0 Å². The summed E-state index contributed by atoms with van der Waals surface area (Å²) in [7, 11) is 1.60. The number of hydrazine groups is 1. The van der Waals surface area contributed by atoms with Gasteiger partial charge < -0.3 is 15.5 Å². The van der Waals surface area contributed by atoms with Crippen LogP contribution < -0.4 is 21.3 Å². The van der Waals surface area contributed by atoms with Crippen LogP contribution in [0.15, 0.2) is 24.3 Å². The maximum absolute atomic E-state index is 6.02. The number of nitrogens with zero attached hydrogens (tertiary/aromatic N) is 2. The second kappa shape index (κ2) is 6.60. The number of hydrogen-bond donors (Lipinski definition) is 3. The number of benzene rings is 1. The second-order valence-corrected chi connectivity index (χ2v) is 5.20. The van der Waals surface area contributed by atoms with Crippen molar-refractivity contribution < 1.29 is 4.74 Å². The van der Waals surface area contributed by atoms with E-state index in [1.54, 1.807) is 31.4 Å². The predicted octanol–water partition coefficient (Wildman–Crippen LogP) is 3.29. The Labute approximate surface area is 128 Å². The highest BCUT2D eigenvalue weighted by molar-refractivity contribution is 6.31. The van der Waals surface area contributed by atoms with Crippen molar-refractivity contribution >= 4 is 28.9 Å². The minimum atomic E-state index is 0.181. The molecule has 2 rings (SSSR count). The molecule has 21 heavy (non-hydrogen) atoms. The smallest absolute Gasteiger partial charge is 0.145 e. The van der Waals surface area contributed by atoms with Gasteiger partial charge in [-0.25, -0.2) is 15.8 Å². The third-order valence-electron chi connectivity index (χ3n) is 2.83. The van der Waals surface area contributed by atoms with Crippen LogP contribution in [0.4, 0.5) is 17.3 Å². The van der Waals surface area contributed by atoms with Crippen LogP contribution in [0.5, 0.6) is 5.75 Å². The van der Waals surface area contributed by atoms with Gasteiger partial charge in [0, 0.05) is 17.0 Å². The molecule has 4 N–H and O–H groups in total. The van der Waals surface area contributed by atoms with Gasteiger partial charge in [-0.2, -0.15) is 0 Å². The van der Waals surface area contributed by atoms with Crippen LogP contribution in [-0.4, -0.2) is 17.1 Å². The van der Waals surface area contributed by atoms with Gasteiger partial charge in [-0.05, 0) is 18.2 Å². The maximum Gasteiger partial charge on any atom is 0.145 e. The normalized spacial score (nSPS) is 10.6. The topological polar surface area (TPSA) is 85.1 Å². The number of methoxy groups -OCH3 is 1. The van der Waals surface area contributed by atoms with Crippen molar-refractivity contribution in [2.24, 2.45) is 5.84 Å². The average molecular weight is 308 g/mol. The van der Waals surface area contributed by atoms with E-state index in [0.717, 1.165) is 5.69 Å². The molecular formula is C14H18ClN5O. The van der Waals surface area contributed by atoms with Gasteiger partial charge in [0.2, 0.25) is 0 Å². The molecule has 0 radical (unpaired) electrons. The van der Waals surface area contributed by atoms with Crippen molar-refractivity contribution in [3.05, 3.63) is 35.1 Å². The molecule has 0 aliphatic carbocycles. The van der Waals surface area contributed by atoms with Crippen LogP contribution in [0.1, 0.15) is 25.6 Å². The minimum absolute atomic E-state index is 0.181. The molecule has 0 unspecified atom stereocenters. The van der Waals surface area contributed by atoms with Gasteiger partial charge in [-0.15, -0.1) is 0 Å². The SMILES string of the molecule is COc1ccc(Cl)cc1Nc1cc(NN)nc(C(C)C)n1. The lowest BCUT2D eigenvalue weighted by Gasteiger charge is -2.13. The summed E-state index contributed by atoms with van der Waals surface area (Å²) in [6, 6.07) is 7.04. The van der Waals surface area contributed by atoms with Gasteiger partial charge in [0.15, 0.2) is 0 Å². The van der Waals surface area contributed by atoms with Crippen LogP contribution in [0.25, 0.3) is 0 Å². The lowest BCUT2D eigenvalue weighted by atomic mass is 10.2. The zero-order chi connectivity index (χ0) is 15.4. The van der Waals surface area contributed by atoms with Crippen LogP contribution in [0.2, 0.25) is 5.02 Å². The van der Waals surface area contributed by atoms with Crippen molar-refractivity contribution in [1.82, 2.24) is 9.97 Å². The highest BCUT2D eigenvalue weighted by Gasteiger charge is 2.10. The number of halogens is 1. The third kappa shape index (κ3) is 3.74. The summed E-state index contributed by atoms with van der Waals surface area (Å²) < 4.78 is 5.30. The summed E-state index contributed by atoms with van der Waals surface area (Å²) >= 11 is 6.02. The van der Waals surface area contributed by atoms with Crippen molar-refractivity contribution in [3.63, 3.8) is 0 Å². The standard InChI is InChI=1S/C14H18ClN5O/c1-8(2)14-18-12(7-13(19-14)20-16)17-10-6-9(15)4-5-11(10)21-3/h4-8H,16H2,1-3H3,(H2,17,18,19,20). The lowest BCUT2D eigenvalue weighted by Crippen LogP contribution is -2.12. The van der Waals surface area contributed by atoms with E-state index >= 15 is 0 Å². The largest absolute Gasteiger partial charge is 0.495 e. The van der Waals surface area contributed by atoms with Gasteiger partial charge in [0.1, 0.15) is 23.2 Å². The zero-order valence-corrected chi connectivity index (χ0v) is 12.9. The van der Waals surface area contributed by atoms with E-state index in [0.29, 0.717) is 28.2 Å². The number of nitrogen functional groups attached to an aromatic ring is 1. The summed E-state index contributed by atoms with van der Waals surface area (Å²) in [6.07, 6.45) is 0. The van der Waals surface area contributed by atoms with Crippen molar-refractivity contribution in [2.75, 3.05) is 17.9 Å². The van der Waals surface area contributed by atoms with E-state index in [-0.39, 0.29) is 5.92 Å². The molecule has 0 atom stereocenters. The number of nitrogens with one attached hydrogen (secondary N) is 2. The van der Waals surface area contributed by atoms with E-state index in [9.17, 15) is 0 Å². The van der Waals surface area contributed by atoms with E-state index in [2.05, 4.69) is 20.7 Å². The van der Waals surface area contributed by atoms with E-state index in [4.69, 9.17) is 22.2 Å². The summed E-state index contributed by atoms with van der Waals surface area (Å²) in [5.41, 5.74) is 3.26. The number of nitrogens with two attached hydrogens (primary N) is 1. The Bertz CT molecular complexity index is 633. The molecule has 112 valence electrons. The molecule has 1 heterocycles. The number of hydrogen-bond acceptors (Lipinski definition) is 6. The van der Waals surface area contributed by atoms with Crippen LogP contribution in [0, 0.1) is 0 Å². The summed E-state index contributed by atoms with van der Waals surface area (Å²) in [5, 5.41) is 3.78. The van der Waals surface area contributed by atoms with Gasteiger partial charge in [-0.3, -0.25) is 0 Å². The zero-order valence-electron chi connectivity index (χ0n) is 12.1. The van der Waals surface area contributed by atoms with E-state index in [1.165, 1.54) is 0 Å². The molecule has 0 aliphatic rings. The van der Waals surface area contributed by atoms with Crippen LogP contribution in [0.3, 0.4) is 0 Å². The van der Waals surface area contributed by atoms with Gasteiger partial charge in [-0.1, -0.05) is 25.4 Å². The van der Waals surface area contributed by atoms with Crippen LogP contribution >= 0.6 is 11.6 Å². The number of aromatic nitrogens is 2. The first-order valence-electron chi connectivity index (χ1n) is 6.49. The first kappa shape index (κ1) is 15.3. The predicted molar refractivity (Wildman–Crippen MR) is 85.2 cm³/mol. The first-order valence-corrected chi connectivity index (χ1v) is 6.87. The summed E-state index contributed by atoms with van der Waals surface area (Å²) in [6.45, 7) is 4.03.